The highest BCUT2D eigenvalue weighted by molar-refractivity contribution is 6.31. The molecule has 176 valence electrons. The standard InChI is InChI=1S/C28H23ClN2O4/c1-28(2,3)18-4-7-20(8-5-18)31-24(16-10-12-30-13-11-16)23(26(33)27(31)34)25(32)22-15-17-14-19(29)6-9-21(17)35-22/h4-15,24,33H,1-3H3. The fourth-order valence-corrected chi connectivity index (χ4v) is 4.53. The average Bonchev–Trinajstić information content (AvgIpc) is 3.37. The molecule has 0 saturated heterocycles. The topological polar surface area (TPSA) is 83.6 Å². The lowest BCUT2D eigenvalue weighted by atomic mass is 9.87. The number of Topliss-reactive ketones (excluding diaryl/α,β-unsaturated/α-hetero) is 1. The van der Waals surface area contributed by atoms with E-state index in [4.69, 9.17) is 16.0 Å². The van der Waals surface area contributed by atoms with Gasteiger partial charge in [-0.2, -0.15) is 0 Å². The number of aliphatic hydroxyl groups is 1. The minimum atomic E-state index is -0.852. The third kappa shape index (κ3) is 4.00. The molecule has 1 amide bonds. The summed E-state index contributed by atoms with van der Waals surface area (Å²) in [6, 6.07) is 16.7. The summed E-state index contributed by atoms with van der Waals surface area (Å²) in [6.45, 7) is 6.31. The van der Waals surface area contributed by atoms with E-state index in [-0.39, 0.29) is 16.7 Å². The summed E-state index contributed by atoms with van der Waals surface area (Å²) in [6.07, 6.45) is 3.17. The zero-order chi connectivity index (χ0) is 24.9. The molecule has 5 rings (SSSR count). The molecule has 1 atom stereocenters. The summed E-state index contributed by atoms with van der Waals surface area (Å²) in [5.74, 6) is -1.81. The Labute approximate surface area is 207 Å². The molecule has 4 aromatic rings. The van der Waals surface area contributed by atoms with Crippen LogP contribution in [0.15, 0.2) is 88.8 Å². The van der Waals surface area contributed by atoms with Gasteiger partial charge in [-0.1, -0.05) is 44.5 Å². The monoisotopic (exact) mass is 486 g/mol. The van der Waals surface area contributed by atoms with Crippen molar-refractivity contribution in [3.63, 3.8) is 0 Å². The molecule has 0 aliphatic carbocycles. The van der Waals surface area contributed by atoms with E-state index in [0.29, 0.717) is 27.2 Å². The van der Waals surface area contributed by atoms with Gasteiger partial charge in [0.1, 0.15) is 5.58 Å². The van der Waals surface area contributed by atoms with Crippen LogP contribution in [0.2, 0.25) is 5.02 Å². The van der Waals surface area contributed by atoms with Crippen LogP contribution in [0, 0.1) is 0 Å². The normalized spacial score (nSPS) is 16.4. The van der Waals surface area contributed by atoms with Crippen LogP contribution in [0.3, 0.4) is 0 Å². The van der Waals surface area contributed by atoms with E-state index < -0.39 is 23.5 Å². The van der Waals surface area contributed by atoms with Crippen molar-refractivity contribution >= 4 is 39.9 Å². The molecule has 2 aromatic heterocycles. The van der Waals surface area contributed by atoms with Crippen LogP contribution in [0.25, 0.3) is 11.0 Å². The fraction of sp³-hybridized carbons (Fsp3) is 0.179. The molecule has 1 aliphatic heterocycles. The molecule has 1 unspecified atom stereocenters. The van der Waals surface area contributed by atoms with E-state index >= 15 is 0 Å². The Morgan fingerprint density at radius 1 is 1.03 bits per heavy atom. The lowest BCUT2D eigenvalue weighted by Crippen LogP contribution is -2.31. The Hall–Kier alpha value is -3.90. The Kier molecular flexibility index (Phi) is 5.49. The number of ketones is 1. The van der Waals surface area contributed by atoms with Gasteiger partial charge < -0.3 is 9.52 Å². The molecule has 0 fully saturated rings. The van der Waals surface area contributed by atoms with Gasteiger partial charge in [-0.15, -0.1) is 0 Å². The number of aliphatic hydroxyl groups excluding tert-OH is 1. The predicted octanol–water partition coefficient (Wildman–Crippen LogP) is 6.56. The number of fused-ring (bicyclic) bond motifs is 1. The second-order valence-corrected chi connectivity index (χ2v) is 9.98. The van der Waals surface area contributed by atoms with Crippen molar-refractivity contribution in [2.24, 2.45) is 0 Å². The number of amides is 1. The van der Waals surface area contributed by atoms with Crippen LogP contribution in [-0.4, -0.2) is 21.8 Å². The van der Waals surface area contributed by atoms with Crippen LogP contribution in [0.5, 0.6) is 0 Å². The summed E-state index contributed by atoms with van der Waals surface area (Å²) in [7, 11) is 0. The van der Waals surface area contributed by atoms with Crippen molar-refractivity contribution in [2.45, 2.75) is 32.2 Å². The second-order valence-electron chi connectivity index (χ2n) is 9.54. The lowest BCUT2D eigenvalue weighted by molar-refractivity contribution is -0.117. The first kappa shape index (κ1) is 22.9. The van der Waals surface area contributed by atoms with E-state index in [1.165, 1.54) is 4.90 Å². The van der Waals surface area contributed by atoms with Crippen LogP contribution < -0.4 is 4.90 Å². The van der Waals surface area contributed by atoms with Crippen molar-refractivity contribution in [1.29, 1.82) is 0 Å². The number of pyridine rings is 1. The second kappa shape index (κ2) is 8.40. The summed E-state index contributed by atoms with van der Waals surface area (Å²) in [4.78, 5) is 32.5. The highest BCUT2D eigenvalue weighted by atomic mass is 35.5. The quantitative estimate of drug-likeness (QED) is 0.330. The van der Waals surface area contributed by atoms with Crippen LogP contribution >= 0.6 is 11.6 Å². The molecular weight excluding hydrogens is 464 g/mol. The van der Waals surface area contributed by atoms with Gasteiger partial charge in [-0.25, -0.2) is 0 Å². The Bertz CT molecular complexity index is 1480. The summed E-state index contributed by atoms with van der Waals surface area (Å²) < 4.78 is 5.76. The number of halogens is 1. The van der Waals surface area contributed by atoms with Gasteiger partial charge in [0.05, 0.1) is 11.6 Å². The van der Waals surface area contributed by atoms with Crippen LogP contribution in [0.4, 0.5) is 5.69 Å². The Morgan fingerprint density at radius 2 is 1.71 bits per heavy atom. The average molecular weight is 487 g/mol. The van der Waals surface area contributed by atoms with E-state index in [1.807, 2.05) is 24.3 Å². The minimum Gasteiger partial charge on any atom is -0.503 e. The molecule has 0 radical (unpaired) electrons. The molecule has 0 bridgehead atoms. The molecule has 7 heteroatoms. The maximum Gasteiger partial charge on any atom is 0.294 e. The Balaban J connectivity index is 1.62. The first-order valence-electron chi connectivity index (χ1n) is 11.2. The zero-order valence-corrected chi connectivity index (χ0v) is 20.2. The molecule has 2 aromatic carbocycles. The summed E-state index contributed by atoms with van der Waals surface area (Å²) >= 11 is 6.07. The SMILES string of the molecule is CC(C)(C)c1ccc(N2C(=O)C(O)=C(C(=O)c3cc4cc(Cl)ccc4o3)C2c2ccncc2)cc1. The molecule has 0 spiro atoms. The van der Waals surface area contributed by atoms with Crippen molar-refractivity contribution in [1.82, 2.24) is 4.98 Å². The van der Waals surface area contributed by atoms with Gasteiger partial charge in [0, 0.05) is 28.5 Å². The van der Waals surface area contributed by atoms with Gasteiger partial charge in [-0.05, 0) is 65.1 Å². The maximum absolute atomic E-state index is 13.7. The van der Waals surface area contributed by atoms with E-state index in [9.17, 15) is 14.7 Å². The highest BCUT2D eigenvalue weighted by Gasteiger charge is 2.45. The van der Waals surface area contributed by atoms with Gasteiger partial charge in [0.25, 0.3) is 5.91 Å². The first-order chi connectivity index (χ1) is 16.6. The number of rotatable bonds is 4. The van der Waals surface area contributed by atoms with E-state index in [1.54, 1.807) is 48.8 Å². The number of hydrogen-bond acceptors (Lipinski definition) is 5. The van der Waals surface area contributed by atoms with Crippen molar-refractivity contribution in [3.8, 4) is 0 Å². The smallest absolute Gasteiger partial charge is 0.294 e. The molecule has 35 heavy (non-hydrogen) atoms. The predicted molar refractivity (Wildman–Crippen MR) is 135 cm³/mol. The summed E-state index contributed by atoms with van der Waals surface area (Å²) in [5, 5.41) is 12.1. The lowest BCUT2D eigenvalue weighted by Gasteiger charge is -2.27. The number of aromatic nitrogens is 1. The Morgan fingerprint density at radius 3 is 2.37 bits per heavy atom. The number of hydrogen-bond donors (Lipinski definition) is 1. The van der Waals surface area contributed by atoms with E-state index in [2.05, 4.69) is 25.8 Å². The van der Waals surface area contributed by atoms with Crippen molar-refractivity contribution in [3.05, 3.63) is 106 Å². The van der Waals surface area contributed by atoms with Gasteiger partial charge >= 0.3 is 0 Å². The molecule has 0 saturated carbocycles. The summed E-state index contributed by atoms with van der Waals surface area (Å²) in [5.41, 5.74) is 2.67. The molecule has 6 nitrogen and oxygen atoms in total. The first-order valence-corrected chi connectivity index (χ1v) is 11.5. The highest BCUT2D eigenvalue weighted by Crippen LogP contribution is 2.42. The number of anilines is 1. The fourth-order valence-electron chi connectivity index (χ4n) is 4.35. The molecular formula is C28H23ClN2O4. The number of carbonyl (C=O) groups is 2. The van der Waals surface area contributed by atoms with E-state index in [0.717, 1.165) is 5.56 Å². The molecule has 3 heterocycles. The van der Waals surface area contributed by atoms with Gasteiger partial charge in [0.2, 0.25) is 5.78 Å². The third-order valence-corrected chi connectivity index (χ3v) is 6.42. The zero-order valence-electron chi connectivity index (χ0n) is 19.4. The third-order valence-electron chi connectivity index (χ3n) is 6.19. The number of furan rings is 1. The van der Waals surface area contributed by atoms with Gasteiger partial charge in [-0.3, -0.25) is 19.5 Å². The molecule has 1 N–H and O–H groups in total. The largest absolute Gasteiger partial charge is 0.503 e. The van der Waals surface area contributed by atoms with Crippen LogP contribution in [-0.2, 0) is 10.2 Å². The number of benzene rings is 2. The minimum absolute atomic E-state index is 0.0144. The van der Waals surface area contributed by atoms with Crippen molar-refractivity contribution < 1.29 is 19.1 Å². The van der Waals surface area contributed by atoms with Gasteiger partial charge in [0.15, 0.2) is 11.5 Å². The van der Waals surface area contributed by atoms with Crippen LogP contribution in [0.1, 0.15) is 48.5 Å². The van der Waals surface area contributed by atoms with Crippen molar-refractivity contribution in [2.75, 3.05) is 4.90 Å². The maximum atomic E-state index is 13.7. The number of nitrogens with zero attached hydrogens (tertiary/aromatic N) is 2. The molecule has 1 aliphatic rings. The number of carbonyl (C=O) groups excluding carboxylic acids is 2.